The van der Waals surface area contributed by atoms with E-state index in [2.05, 4.69) is 10.6 Å². The smallest absolute Gasteiger partial charge is 0.419 e. The van der Waals surface area contributed by atoms with Gasteiger partial charge in [0, 0.05) is 95.0 Å². The number of hydrogen-bond acceptors (Lipinski definition) is 14. The Bertz CT molecular complexity index is 3600. The van der Waals surface area contributed by atoms with Crippen LogP contribution in [0.5, 0.6) is 5.75 Å². The van der Waals surface area contributed by atoms with Crippen molar-refractivity contribution in [1.29, 1.82) is 0 Å². The van der Waals surface area contributed by atoms with Crippen molar-refractivity contribution < 1.29 is 80.2 Å². The molecule has 2 aromatic carbocycles. The van der Waals surface area contributed by atoms with Gasteiger partial charge in [-0.05, 0) is 132 Å². The SMILES string of the molecule is CCC[C@H]1C(=O)N[C@@H]([C@@H](C)CC)C(=O)N(C)CC(=O)N(C)[C@@H]2C/C=C\CCN(C2=O)[C@@H](Cc2ccc(C)cc2)C(=O)N(C)CC(=O)N[C@@H](CCc2ccc(C(F)(F)F)c(OC)c2)C(=O)N2C[C@H](OCC)C[C@H]2C(=O)N(C)C2(CCC2)C(=O)N(C)[C@@H](C2CCCC2)C(=O)N(C)[C@H](C(=O)N2CCCCC2)CC(=O)N1C. The van der Waals surface area contributed by atoms with E-state index in [0.717, 1.165) is 42.9 Å². The molecule has 4 aliphatic heterocycles. The predicted octanol–water partition coefficient (Wildman–Crippen LogP) is 5.78. The number of nitrogens with zero attached hydrogens (tertiary/aromatic N) is 10. The van der Waals surface area contributed by atoms with Gasteiger partial charge in [-0.15, -0.1) is 0 Å². The lowest BCUT2D eigenvalue weighted by Crippen LogP contribution is -2.68. The number of carbonyl (C=O) groups is 12. The van der Waals surface area contributed by atoms with E-state index in [0.29, 0.717) is 75.6 Å². The van der Waals surface area contributed by atoms with Gasteiger partial charge in [-0.1, -0.05) is 94.5 Å². The topological polar surface area (TPSA) is 280 Å². The lowest BCUT2D eigenvalue weighted by molar-refractivity contribution is -0.166. The monoisotopic (exact) mass is 1510 g/mol. The Morgan fingerprint density at radius 3 is 1.93 bits per heavy atom. The Balaban J connectivity index is 1.23. The Morgan fingerprint density at radius 2 is 1.31 bits per heavy atom. The minimum Gasteiger partial charge on any atom is -0.496 e. The second-order valence-electron chi connectivity index (χ2n) is 30.6. The Kier molecular flexibility index (Phi) is 29.6. The molecule has 3 saturated heterocycles. The van der Waals surface area contributed by atoms with Crippen molar-refractivity contribution in [1.82, 2.24) is 59.6 Å². The van der Waals surface area contributed by atoms with Crippen LogP contribution in [0.1, 0.15) is 166 Å². The zero-order valence-electron chi connectivity index (χ0n) is 65.5. The lowest BCUT2D eigenvalue weighted by atomic mass is 9.73. The number of carbonyl (C=O) groups excluding carboxylic acids is 12. The average Bonchev–Trinajstić information content (AvgIpc) is 1.02. The van der Waals surface area contributed by atoms with Crippen LogP contribution in [-0.2, 0) is 81.3 Å². The normalized spacial score (nSPS) is 26.8. The van der Waals surface area contributed by atoms with Gasteiger partial charge in [-0.25, -0.2) is 0 Å². The third-order valence-corrected chi connectivity index (χ3v) is 23.4. The fourth-order valence-corrected chi connectivity index (χ4v) is 16.3. The summed E-state index contributed by atoms with van der Waals surface area (Å²) in [5.74, 6) is -9.30. The largest absolute Gasteiger partial charge is 0.496 e. The molecule has 26 nitrogen and oxygen atoms in total. The molecule has 0 unspecified atom stereocenters. The Labute approximate surface area is 634 Å². The summed E-state index contributed by atoms with van der Waals surface area (Å²) in [5.41, 5.74) is -0.740. The number of nitrogens with one attached hydrogen (secondary N) is 2. The first-order valence-corrected chi connectivity index (χ1v) is 38.6. The van der Waals surface area contributed by atoms with Gasteiger partial charge >= 0.3 is 6.18 Å². The van der Waals surface area contributed by atoms with Crippen molar-refractivity contribution in [3.8, 4) is 5.75 Å². The van der Waals surface area contributed by atoms with Crippen LogP contribution in [0.15, 0.2) is 54.6 Å². The molecular weight excluding hydrogens is 1400 g/mol. The standard InChI is InChI=1S/C79H115F3N12O14/c1-14-26-58-69(98)84-67(51(5)15-2)75(104)86(7)49-66(97)88(9)59-29-19-17-24-42-93(74(59)103)61(43-52-32-30-50(4)31-33-52)71(100)85(6)48-64(95)83-57(37-35-53-34-36-56(79(80,81)82)63(44-53)107-13)70(99)94-47-55(108-16-3)45-62(94)72(101)91(12)78(38-25-39-78)77(106)90(11)68(54-27-20-21-28-54)76(105)89(10)60(46-65(96)87(58)8)73(102)92-40-22-18-23-41-92/h17,19,30-34,36,44,51,54-55,57-62,67-68H,14-16,18,20-29,35,37-43,45-49H2,1-13H3,(H,83,95)(H,84,98)/b19-17-/t51-,55+,57-,58-,59+,60-,61-,62-,67-,68-/m0/s1. The third-order valence-electron chi connectivity index (χ3n) is 23.4. The summed E-state index contributed by atoms with van der Waals surface area (Å²) < 4.78 is 54.0. The van der Waals surface area contributed by atoms with Gasteiger partial charge in [-0.2, -0.15) is 13.2 Å². The zero-order chi connectivity index (χ0) is 79.2. The van der Waals surface area contributed by atoms with Crippen LogP contribution in [0.4, 0.5) is 13.2 Å². The van der Waals surface area contributed by atoms with Crippen LogP contribution in [-0.4, -0.2) is 282 Å². The van der Waals surface area contributed by atoms with Crippen molar-refractivity contribution in [3.05, 3.63) is 76.9 Å². The van der Waals surface area contributed by atoms with Gasteiger partial charge in [-0.3, -0.25) is 57.5 Å². The number of hydrogen-bond donors (Lipinski definition) is 2. The number of likely N-dealkylation sites (N-methyl/N-ethyl adjacent to an activating group) is 7. The first kappa shape index (κ1) is 85.0. The molecule has 2 bridgehead atoms. The van der Waals surface area contributed by atoms with Crippen molar-refractivity contribution in [3.63, 3.8) is 0 Å². The van der Waals surface area contributed by atoms with Crippen LogP contribution in [0.3, 0.4) is 0 Å². The maximum atomic E-state index is 15.9. The van der Waals surface area contributed by atoms with E-state index < -0.39 is 180 Å². The van der Waals surface area contributed by atoms with Crippen molar-refractivity contribution in [2.75, 3.05) is 102 Å². The molecule has 10 atom stereocenters. The molecule has 1 spiro atoms. The molecule has 596 valence electrons. The molecule has 2 saturated carbocycles. The first-order valence-electron chi connectivity index (χ1n) is 38.6. The maximum Gasteiger partial charge on any atom is 0.419 e. The van der Waals surface area contributed by atoms with Crippen molar-refractivity contribution in [2.45, 2.75) is 229 Å². The van der Waals surface area contributed by atoms with E-state index in [-0.39, 0.29) is 71.1 Å². The second kappa shape index (κ2) is 37.7. The van der Waals surface area contributed by atoms with E-state index in [1.54, 1.807) is 24.8 Å². The molecule has 2 aromatic rings. The van der Waals surface area contributed by atoms with Gasteiger partial charge < -0.3 is 69.1 Å². The summed E-state index contributed by atoms with van der Waals surface area (Å²) in [7, 11) is 11.2. The molecule has 0 radical (unpaired) electrons. The number of likely N-dealkylation sites (tertiary alicyclic amines) is 1. The number of rotatable bonds is 14. The highest BCUT2D eigenvalue weighted by molar-refractivity contribution is 6.01. The van der Waals surface area contributed by atoms with Gasteiger partial charge in [0.25, 0.3) is 0 Å². The van der Waals surface area contributed by atoms with Crippen LogP contribution in [0, 0.1) is 18.8 Å². The molecule has 5 fully saturated rings. The zero-order valence-corrected chi connectivity index (χ0v) is 65.5. The number of ether oxygens (including phenoxy) is 2. The van der Waals surface area contributed by atoms with Gasteiger partial charge in [0.15, 0.2) is 0 Å². The van der Waals surface area contributed by atoms with E-state index in [1.807, 2.05) is 51.1 Å². The van der Waals surface area contributed by atoms with Crippen molar-refractivity contribution in [2.24, 2.45) is 11.8 Å². The number of fused-ring (bicyclic) bond motifs is 3. The molecule has 12 amide bonds. The fourth-order valence-electron chi connectivity index (χ4n) is 16.3. The minimum atomic E-state index is -4.78. The van der Waals surface area contributed by atoms with E-state index >= 15 is 38.4 Å². The molecule has 4 heterocycles. The van der Waals surface area contributed by atoms with Gasteiger partial charge in [0.2, 0.25) is 70.9 Å². The highest BCUT2D eigenvalue weighted by Crippen LogP contribution is 2.43. The highest BCUT2D eigenvalue weighted by atomic mass is 19.4. The van der Waals surface area contributed by atoms with Crippen LogP contribution in [0.2, 0.25) is 0 Å². The lowest BCUT2D eigenvalue weighted by Gasteiger charge is -2.51. The Morgan fingerprint density at radius 1 is 0.657 bits per heavy atom. The summed E-state index contributed by atoms with van der Waals surface area (Å²) in [4.78, 5) is 197. The highest BCUT2D eigenvalue weighted by Gasteiger charge is 2.56. The summed E-state index contributed by atoms with van der Waals surface area (Å²) >= 11 is 0. The second-order valence-corrected chi connectivity index (χ2v) is 30.6. The number of amides is 12. The molecular formula is C79H115F3N12O14. The summed E-state index contributed by atoms with van der Waals surface area (Å²) in [6.07, 6.45) is 3.83. The molecule has 8 rings (SSSR count). The molecule has 29 heteroatoms. The number of piperidine rings is 1. The van der Waals surface area contributed by atoms with E-state index in [9.17, 15) is 32.3 Å². The maximum absolute atomic E-state index is 15.9. The molecule has 6 aliphatic rings. The summed E-state index contributed by atoms with van der Waals surface area (Å²) in [5, 5.41) is 5.73. The third kappa shape index (κ3) is 19.7. The number of methoxy groups -OCH3 is 1. The molecule has 2 aliphatic carbocycles. The number of aryl methyl sites for hydroxylation is 2. The van der Waals surface area contributed by atoms with E-state index in [1.165, 1.54) is 101 Å². The first-order chi connectivity index (χ1) is 51.2. The predicted molar refractivity (Wildman–Crippen MR) is 397 cm³/mol. The molecule has 0 aromatic heterocycles. The van der Waals surface area contributed by atoms with Crippen molar-refractivity contribution >= 4 is 70.9 Å². The number of benzene rings is 2. The summed E-state index contributed by atoms with van der Waals surface area (Å²) in [6, 6.07) is 0.211. The summed E-state index contributed by atoms with van der Waals surface area (Å²) in [6.45, 7) is 8.53. The fraction of sp³-hybridized carbons (Fsp3) is 0.671. The number of alkyl halides is 3. The quantitative estimate of drug-likeness (QED) is 0.212. The molecule has 108 heavy (non-hydrogen) atoms. The minimum absolute atomic E-state index is 0.00631. The van der Waals surface area contributed by atoms with E-state index in [4.69, 9.17) is 9.47 Å². The van der Waals surface area contributed by atoms with Crippen LogP contribution in [0.25, 0.3) is 0 Å². The average molecular weight is 1510 g/mol. The number of halogens is 3. The van der Waals surface area contributed by atoms with Gasteiger partial charge in [0.05, 0.1) is 38.3 Å². The Hall–Kier alpha value is -8.63. The molecule has 2 N–H and O–H groups in total. The van der Waals surface area contributed by atoms with Gasteiger partial charge in [0.1, 0.15) is 59.6 Å². The van der Waals surface area contributed by atoms with Crippen LogP contribution < -0.4 is 15.4 Å². The van der Waals surface area contributed by atoms with Crippen LogP contribution >= 0.6 is 0 Å².